The second-order valence-corrected chi connectivity index (χ2v) is 4.80. The van der Waals surface area contributed by atoms with Gasteiger partial charge in [-0.3, -0.25) is 0 Å². The van der Waals surface area contributed by atoms with Crippen molar-refractivity contribution in [2.75, 3.05) is 5.32 Å². The third-order valence-corrected chi connectivity index (χ3v) is 3.00. The summed E-state index contributed by atoms with van der Waals surface area (Å²) >= 11 is 0. The summed E-state index contributed by atoms with van der Waals surface area (Å²) in [6.07, 6.45) is 0. The summed E-state index contributed by atoms with van der Waals surface area (Å²) in [5.41, 5.74) is 2.91. The molecule has 1 heterocycles. The molecule has 1 atom stereocenters. The van der Waals surface area contributed by atoms with Crippen LogP contribution in [0.2, 0.25) is 0 Å². The van der Waals surface area contributed by atoms with Crippen molar-refractivity contribution in [1.82, 2.24) is 9.97 Å². The van der Waals surface area contributed by atoms with Crippen molar-refractivity contribution in [3.8, 4) is 0 Å². The first-order valence-corrected chi connectivity index (χ1v) is 6.38. The first kappa shape index (κ1) is 14.0. The maximum atomic E-state index is 11.0. The molecule has 0 fully saturated rings. The van der Waals surface area contributed by atoms with Crippen LogP contribution in [0, 0.1) is 13.8 Å². The van der Waals surface area contributed by atoms with Gasteiger partial charge in [0, 0.05) is 5.69 Å². The quantitative estimate of drug-likeness (QED) is 0.894. The van der Waals surface area contributed by atoms with Gasteiger partial charge in [-0.25, -0.2) is 14.8 Å². The molecular formula is C15H17N3O2. The molecule has 0 radical (unpaired) electrons. The first-order valence-electron chi connectivity index (χ1n) is 6.38. The number of nitrogens with zero attached hydrogens (tertiary/aromatic N) is 2. The van der Waals surface area contributed by atoms with Crippen LogP contribution in [0.5, 0.6) is 0 Å². The van der Waals surface area contributed by atoms with Gasteiger partial charge in [-0.15, -0.1) is 0 Å². The number of benzene rings is 1. The number of hydrogen-bond donors (Lipinski definition) is 2. The molecule has 0 aliphatic rings. The molecule has 0 bridgehead atoms. The Bertz CT molecular complexity index is 624. The lowest BCUT2D eigenvalue weighted by molar-refractivity contribution is 0.0690. The van der Waals surface area contributed by atoms with E-state index >= 15 is 0 Å². The first-order chi connectivity index (χ1) is 9.45. The lowest BCUT2D eigenvalue weighted by atomic mass is 10.1. The molecule has 0 amide bonds. The number of carboxylic acids is 1. The molecule has 1 aromatic carbocycles. The van der Waals surface area contributed by atoms with Gasteiger partial charge < -0.3 is 10.4 Å². The van der Waals surface area contributed by atoms with Crippen molar-refractivity contribution in [2.45, 2.75) is 26.8 Å². The molecule has 0 spiro atoms. The van der Waals surface area contributed by atoms with E-state index in [9.17, 15) is 4.79 Å². The highest BCUT2D eigenvalue weighted by molar-refractivity contribution is 5.85. The van der Waals surface area contributed by atoms with Crippen LogP contribution < -0.4 is 5.32 Å². The molecular weight excluding hydrogens is 254 g/mol. The minimum atomic E-state index is -1.05. The number of hydrogen-bond acceptors (Lipinski definition) is 4. The van der Waals surface area contributed by atoms with Crippen molar-refractivity contribution in [3.05, 3.63) is 52.8 Å². The molecule has 1 aromatic heterocycles. The smallest absolute Gasteiger partial charge is 0.354 e. The summed E-state index contributed by atoms with van der Waals surface area (Å²) in [5, 5.41) is 12.1. The number of nitrogens with one attached hydrogen (secondary N) is 1. The van der Waals surface area contributed by atoms with Gasteiger partial charge in [-0.1, -0.05) is 29.8 Å². The molecule has 0 aliphatic heterocycles. The van der Waals surface area contributed by atoms with Gasteiger partial charge in [0.1, 0.15) is 0 Å². The number of aryl methyl sites for hydroxylation is 2. The Hall–Kier alpha value is -2.43. The summed E-state index contributed by atoms with van der Waals surface area (Å²) in [7, 11) is 0. The third-order valence-electron chi connectivity index (χ3n) is 3.00. The van der Waals surface area contributed by atoms with Crippen molar-refractivity contribution < 1.29 is 9.90 Å². The summed E-state index contributed by atoms with van der Waals surface area (Å²) in [5.74, 6) is -0.725. The Kier molecular flexibility index (Phi) is 3.98. The van der Waals surface area contributed by atoms with Crippen molar-refractivity contribution >= 4 is 11.9 Å². The molecule has 2 aromatic rings. The van der Waals surface area contributed by atoms with E-state index in [0.29, 0.717) is 11.6 Å². The minimum Gasteiger partial charge on any atom is -0.477 e. The molecule has 1 unspecified atom stereocenters. The van der Waals surface area contributed by atoms with Crippen LogP contribution in [0.3, 0.4) is 0 Å². The Balaban J connectivity index is 2.21. The Morgan fingerprint density at radius 3 is 2.45 bits per heavy atom. The fourth-order valence-electron chi connectivity index (χ4n) is 1.87. The van der Waals surface area contributed by atoms with Crippen LogP contribution in [0.15, 0.2) is 30.3 Å². The number of carboxylic acid groups (broad SMARTS) is 1. The molecule has 0 saturated carbocycles. The predicted octanol–water partition coefficient (Wildman–Crippen LogP) is 2.96. The topological polar surface area (TPSA) is 75.1 Å². The number of aromatic nitrogens is 2. The highest BCUT2D eigenvalue weighted by Gasteiger charge is 2.11. The van der Waals surface area contributed by atoms with E-state index in [1.807, 2.05) is 38.1 Å². The maximum absolute atomic E-state index is 11.0. The largest absolute Gasteiger partial charge is 0.477 e. The number of aromatic carboxylic acids is 1. The third kappa shape index (κ3) is 3.32. The van der Waals surface area contributed by atoms with E-state index in [-0.39, 0.29) is 11.7 Å². The van der Waals surface area contributed by atoms with Crippen LogP contribution in [-0.2, 0) is 0 Å². The van der Waals surface area contributed by atoms with E-state index in [2.05, 4.69) is 15.3 Å². The second-order valence-electron chi connectivity index (χ2n) is 4.80. The van der Waals surface area contributed by atoms with Crippen molar-refractivity contribution in [3.63, 3.8) is 0 Å². The van der Waals surface area contributed by atoms with Gasteiger partial charge in [-0.05, 0) is 32.4 Å². The van der Waals surface area contributed by atoms with Gasteiger partial charge in [-0.2, -0.15) is 0 Å². The summed E-state index contributed by atoms with van der Waals surface area (Å²) in [6, 6.07) is 9.57. The zero-order valence-corrected chi connectivity index (χ0v) is 11.7. The van der Waals surface area contributed by atoms with Crippen LogP contribution >= 0.6 is 0 Å². The summed E-state index contributed by atoms with van der Waals surface area (Å²) in [6.45, 7) is 5.76. The molecule has 20 heavy (non-hydrogen) atoms. The molecule has 5 heteroatoms. The lowest BCUT2D eigenvalue weighted by Crippen LogP contribution is -2.12. The highest BCUT2D eigenvalue weighted by atomic mass is 16.4. The standard InChI is InChI=1S/C15H17N3O2/c1-9-4-6-12(7-5-9)11(3)17-15-16-10(2)8-13(18-15)14(19)20/h4-8,11H,1-3H3,(H,19,20)(H,16,17,18). The molecule has 104 valence electrons. The van der Waals surface area contributed by atoms with Crippen LogP contribution in [0.4, 0.5) is 5.95 Å². The van der Waals surface area contributed by atoms with E-state index in [4.69, 9.17) is 5.11 Å². The SMILES string of the molecule is Cc1ccc(C(C)Nc2nc(C)cc(C(=O)O)n2)cc1. The van der Waals surface area contributed by atoms with Crippen LogP contribution in [0.1, 0.15) is 40.3 Å². The zero-order valence-electron chi connectivity index (χ0n) is 11.7. The number of carbonyl (C=O) groups is 1. The molecule has 5 nitrogen and oxygen atoms in total. The van der Waals surface area contributed by atoms with Crippen LogP contribution in [-0.4, -0.2) is 21.0 Å². The van der Waals surface area contributed by atoms with Gasteiger partial charge in [0.05, 0.1) is 6.04 Å². The van der Waals surface area contributed by atoms with Gasteiger partial charge in [0.25, 0.3) is 0 Å². The zero-order chi connectivity index (χ0) is 14.7. The average Bonchev–Trinajstić information content (AvgIpc) is 2.38. The van der Waals surface area contributed by atoms with Crippen molar-refractivity contribution in [1.29, 1.82) is 0 Å². The van der Waals surface area contributed by atoms with E-state index in [1.54, 1.807) is 6.92 Å². The molecule has 0 aliphatic carbocycles. The number of anilines is 1. The monoisotopic (exact) mass is 271 g/mol. The lowest BCUT2D eigenvalue weighted by Gasteiger charge is -2.15. The molecule has 2 N–H and O–H groups in total. The fraction of sp³-hybridized carbons (Fsp3) is 0.267. The Labute approximate surface area is 117 Å². The fourth-order valence-corrected chi connectivity index (χ4v) is 1.87. The summed E-state index contributed by atoms with van der Waals surface area (Å²) < 4.78 is 0. The average molecular weight is 271 g/mol. The summed E-state index contributed by atoms with van der Waals surface area (Å²) in [4.78, 5) is 19.2. The molecule has 2 rings (SSSR count). The Morgan fingerprint density at radius 2 is 1.85 bits per heavy atom. The van der Waals surface area contributed by atoms with Gasteiger partial charge in [0.15, 0.2) is 5.69 Å². The highest BCUT2D eigenvalue weighted by Crippen LogP contribution is 2.17. The van der Waals surface area contributed by atoms with E-state index < -0.39 is 5.97 Å². The van der Waals surface area contributed by atoms with Crippen LogP contribution in [0.25, 0.3) is 0 Å². The number of rotatable bonds is 4. The van der Waals surface area contributed by atoms with Gasteiger partial charge >= 0.3 is 5.97 Å². The minimum absolute atomic E-state index is 0.000884. The van der Waals surface area contributed by atoms with E-state index in [0.717, 1.165) is 5.56 Å². The normalized spacial score (nSPS) is 11.9. The van der Waals surface area contributed by atoms with Gasteiger partial charge in [0.2, 0.25) is 5.95 Å². The second kappa shape index (κ2) is 5.69. The predicted molar refractivity (Wildman–Crippen MR) is 76.9 cm³/mol. The Morgan fingerprint density at radius 1 is 1.20 bits per heavy atom. The van der Waals surface area contributed by atoms with Crippen molar-refractivity contribution in [2.24, 2.45) is 0 Å². The molecule has 0 saturated heterocycles. The van der Waals surface area contributed by atoms with E-state index in [1.165, 1.54) is 11.6 Å². The maximum Gasteiger partial charge on any atom is 0.354 e.